The van der Waals surface area contributed by atoms with Crippen LogP contribution in [0.1, 0.15) is 30.9 Å². The zero-order valence-electron chi connectivity index (χ0n) is 13.9. The molecule has 0 amide bonds. The largest absolute Gasteiger partial charge is 0.493 e. The maximum Gasteiger partial charge on any atom is 0.203 e. The number of hydrogen-bond donors (Lipinski definition) is 1. The van der Waals surface area contributed by atoms with Crippen molar-refractivity contribution in [3.05, 3.63) is 17.7 Å². The van der Waals surface area contributed by atoms with Crippen molar-refractivity contribution in [2.24, 2.45) is 0 Å². The summed E-state index contributed by atoms with van der Waals surface area (Å²) in [5.41, 5.74) is 1.08. The van der Waals surface area contributed by atoms with Crippen LogP contribution in [0, 0.1) is 0 Å². The minimum absolute atomic E-state index is 0.104. The molecule has 0 aromatic heterocycles. The van der Waals surface area contributed by atoms with Crippen LogP contribution < -0.4 is 19.5 Å². The second-order valence-electron chi connectivity index (χ2n) is 6.44. The normalized spacial score (nSPS) is 23.0. The van der Waals surface area contributed by atoms with Gasteiger partial charge in [-0.3, -0.25) is 0 Å². The summed E-state index contributed by atoms with van der Waals surface area (Å²) >= 11 is 0. The number of ether oxygens (including phenoxy) is 3. The summed E-state index contributed by atoms with van der Waals surface area (Å²) in [6.07, 6.45) is 3.07. The van der Waals surface area contributed by atoms with E-state index in [2.05, 4.69) is 30.4 Å². The summed E-state index contributed by atoms with van der Waals surface area (Å²) in [5, 5.41) is 3.43. The molecule has 1 aromatic carbocycles. The number of methoxy groups -OCH3 is 2. The smallest absolute Gasteiger partial charge is 0.203 e. The first-order chi connectivity index (χ1) is 10.6. The Labute approximate surface area is 132 Å². The van der Waals surface area contributed by atoms with Crippen molar-refractivity contribution in [1.82, 2.24) is 10.2 Å². The van der Waals surface area contributed by atoms with Crippen molar-refractivity contribution in [3.63, 3.8) is 0 Å². The third-order valence-electron chi connectivity index (χ3n) is 4.91. The quantitative estimate of drug-likeness (QED) is 0.927. The second-order valence-corrected chi connectivity index (χ2v) is 6.44. The third-order valence-corrected chi connectivity index (χ3v) is 4.91. The first kappa shape index (κ1) is 15.4. The van der Waals surface area contributed by atoms with Crippen LogP contribution in [0.2, 0.25) is 0 Å². The Morgan fingerprint density at radius 2 is 1.91 bits per heavy atom. The molecule has 1 N–H and O–H groups in total. The zero-order chi connectivity index (χ0) is 15.7. The summed E-state index contributed by atoms with van der Waals surface area (Å²) in [4.78, 5) is 2.27. The molecule has 2 aliphatic rings. The van der Waals surface area contributed by atoms with Gasteiger partial charge in [-0.2, -0.15) is 0 Å². The van der Waals surface area contributed by atoms with E-state index in [1.807, 2.05) is 6.07 Å². The fourth-order valence-electron chi connectivity index (χ4n) is 3.65. The minimum atomic E-state index is -0.104. The van der Waals surface area contributed by atoms with Gasteiger partial charge in [-0.15, -0.1) is 0 Å². The summed E-state index contributed by atoms with van der Waals surface area (Å²) in [6.45, 7) is 2.00. The molecule has 1 atom stereocenters. The van der Waals surface area contributed by atoms with E-state index in [4.69, 9.17) is 14.2 Å². The minimum Gasteiger partial charge on any atom is -0.493 e. The first-order valence-electron chi connectivity index (χ1n) is 7.91. The molecule has 0 saturated carbocycles. The Morgan fingerprint density at radius 3 is 2.50 bits per heavy atom. The van der Waals surface area contributed by atoms with E-state index in [-0.39, 0.29) is 5.60 Å². The Bertz CT molecular complexity index is 539. The van der Waals surface area contributed by atoms with Gasteiger partial charge in [0.2, 0.25) is 5.75 Å². The van der Waals surface area contributed by atoms with Crippen LogP contribution in [0.5, 0.6) is 17.2 Å². The molecule has 5 heteroatoms. The Kier molecular flexibility index (Phi) is 4.19. The molecule has 1 saturated heterocycles. The van der Waals surface area contributed by atoms with Gasteiger partial charge in [0, 0.05) is 18.0 Å². The highest BCUT2D eigenvalue weighted by Gasteiger charge is 2.44. The zero-order valence-corrected chi connectivity index (χ0v) is 13.9. The molecule has 2 heterocycles. The molecular formula is C17H26N2O3. The molecule has 22 heavy (non-hydrogen) atoms. The van der Waals surface area contributed by atoms with Gasteiger partial charge in [0.25, 0.3) is 0 Å². The van der Waals surface area contributed by atoms with Gasteiger partial charge in [0.05, 0.1) is 14.2 Å². The van der Waals surface area contributed by atoms with E-state index < -0.39 is 0 Å². The predicted octanol–water partition coefficient (Wildman–Crippen LogP) is 2.21. The number of nitrogens with zero attached hydrogens (tertiary/aromatic N) is 1. The average molecular weight is 306 g/mol. The van der Waals surface area contributed by atoms with Crippen LogP contribution in [0.4, 0.5) is 0 Å². The number of benzene rings is 1. The van der Waals surface area contributed by atoms with Crippen LogP contribution in [-0.2, 0) is 0 Å². The molecular weight excluding hydrogens is 280 g/mol. The van der Waals surface area contributed by atoms with Gasteiger partial charge in [-0.1, -0.05) is 0 Å². The third kappa shape index (κ3) is 2.52. The molecule has 1 unspecified atom stereocenters. The topological polar surface area (TPSA) is 43.0 Å². The Hall–Kier alpha value is -1.46. The maximum absolute atomic E-state index is 6.53. The van der Waals surface area contributed by atoms with E-state index >= 15 is 0 Å². The molecule has 5 nitrogen and oxygen atoms in total. The molecule has 1 aromatic rings. The van der Waals surface area contributed by atoms with Crippen molar-refractivity contribution in [2.45, 2.75) is 30.9 Å². The maximum atomic E-state index is 6.53. The average Bonchev–Trinajstić information content (AvgIpc) is 2.53. The van der Waals surface area contributed by atoms with Gasteiger partial charge >= 0.3 is 0 Å². The van der Waals surface area contributed by atoms with Crippen molar-refractivity contribution in [3.8, 4) is 17.2 Å². The highest BCUT2D eigenvalue weighted by atomic mass is 16.5. The van der Waals surface area contributed by atoms with Crippen molar-refractivity contribution in [2.75, 3.05) is 41.4 Å². The van der Waals surface area contributed by atoms with E-state index in [1.165, 1.54) is 5.56 Å². The number of rotatable bonds is 3. The monoisotopic (exact) mass is 306 g/mol. The highest BCUT2D eigenvalue weighted by molar-refractivity contribution is 5.58. The lowest BCUT2D eigenvalue weighted by atomic mass is 9.80. The lowest BCUT2D eigenvalue weighted by Crippen LogP contribution is -2.50. The van der Waals surface area contributed by atoms with Crippen LogP contribution in [0.3, 0.4) is 0 Å². The predicted molar refractivity (Wildman–Crippen MR) is 86.1 cm³/mol. The molecule has 3 rings (SSSR count). The van der Waals surface area contributed by atoms with Gasteiger partial charge in [0.1, 0.15) is 5.60 Å². The first-order valence-corrected chi connectivity index (χ1v) is 7.91. The summed E-state index contributed by atoms with van der Waals surface area (Å²) in [6, 6.07) is 4.41. The Balaban J connectivity index is 2.09. The number of fused-ring (bicyclic) bond motifs is 1. The van der Waals surface area contributed by atoms with E-state index in [9.17, 15) is 0 Å². The number of piperidine rings is 1. The number of hydrogen-bond acceptors (Lipinski definition) is 5. The van der Waals surface area contributed by atoms with Crippen molar-refractivity contribution < 1.29 is 14.2 Å². The molecule has 2 aliphatic heterocycles. The lowest BCUT2D eigenvalue weighted by molar-refractivity contribution is -0.0141. The van der Waals surface area contributed by atoms with Crippen LogP contribution in [0.25, 0.3) is 0 Å². The van der Waals surface area contributed by atoms with Crippen LogP contribution in [0.15, 0.2) is 12.1 Å². The fourth-order valence-corrected chi connectivity index (χ4v) is 3.65. The number of nitrogens with one attached hydrogen (secondary N) is 1. The second kappa shape index (κ2) is 5.97. The van der Waals surface area contributed by atoms with Gasteiger partial charge in [0.15, 0.2) is 11.5 Å². The summed E-state index contributed by atoms with van der Waals surface area (Å²) < 4.78 is 17.6. The molecule has 0 bridgehead atoms. The van der Waals surface area contributed by atoms with Crippen molar-refractivity contribution in [1.29, 1.82) is 0 Å². The standard InChI is InChI=1S/C17H26N2O3/c1-19(2)13-11-17(7-9-18-10-8-17)22-15-12(13)5-6-14(20-3)16(15)21-4/h5-6,13,18H,7-11H2,1-4H3. The van der Waals surface area contributed by atoms with Crippen LogP contribution >= 0.6 is 0 Å². The summed E-state index contributed by atoms with van der Waals surface area (Å²) in [7, 11) is 7.60. The molecule has 0 aliphatic carbocycles. The summed E-state index contributed by atoms with van der Waals surface area (Å²) in [5.74, 6) is 2.29. The van der Waals surface area contributed by atoms with E-state index in [0.29, 0.717) is 11.8 Å². The van der Waals surface area contributed by atoms with E-state index in [0.717, 1.165) is 43.9 Å². The van der Waals surface area contributed by atoms with Gasteiger partial charge < -0.3 is 24.4 Å². The van der Waals surface area contributed by atoms with Crippen LogP contribution in [-0.4, -0.2) is 51.9 Å². The lowest BCUT2D eigenvalue weighted by Gasteiger charge is -2.46. The molecule has 0 radical (unpaired) electrons. The van der Waals surface area contributed by atoms with Crippen molar-refractivity contribution >= 4 is 0 Å². The SMILES string of the molecule is COc1ccc2c(c1OC)OC1(CCNCC1)CC2N(C)C. The molecule has 1 fully saturated rings. The molecule has 1 spiro atoms. The Morgan fingerprint density at radius 1 is 1.18 bits per heavy atom. The van der Waals surface area contributed by atoms with Gasteiger partial charge in [-0.25, -0.2) is 0 Å². The highest BCUT2D eigenvalue weighted by Crippen LogP contribution is 2.51. The van der Waals surface area contributed by atoms with E-state index in [1.54, 1.807) is 14.2 Å². The molecule has 122 valence electrons. The van der Waals surface area contributed by atoms with Gasteiger partial charge in [-0.05, 0) is 52.2 Å². The fraction of sp³-hybridized carbons (Fsp3) is 0.647.